The summed E-state index contributed by atoms with van der Waals surface area (Å²) in [5.74, 6) is -5.42. The number of allylic oxidation sites excluding steroid dienone is 2. The zero-order valence-corrected chi connectivity index (χ0v) is 13.7. The van der Waals surface area contributed by atoms with Crippen LogP contribution in [0.1, 0.15) is 18.9 Å². The number of hydrogen-bond acceptors (Lipinski definition) is 2. The van der Waals surface area contributed by atoms with Gasteiger partial charge in [-0.05, 0) is 41.0 Å². The maximum atomic E-state index is 14.4. The number of carbonyl (C=O) groups excluding carboxylic acids is 1. The molecular formula is C20H14F4O2. The van der Waals surface area contributed by atoms with E-state index in [1.807, 2.05) is 0 Å². The first-order valence-corrected chi connectivity index (χ1v) is 7.85. The lowest BCUT2D eigenvalue weighted by Crippen LogP contribution is -2.14. The van der Waals surface area contributed by atoms with E-state index in [1.54, 1.807) is 24.3 Å². The van der Waals surface area contributed by atoms with Gasteiger partial charge in [-0.3, -0.25) is 4.79 Å². The van der Waals surface area contributed by atoms with Crippen LogP contribution in [0.3, 0.4) is 0 Å². The van der Waals surface area contributed by atoms with Crippen LogP contribution in [0.15, 0.2) is 48.6 Å². The fourth-order valence-corrected chi connectivity index (χ4v) is 2.76. The van der Waals surface area contributed by atoms with Gasteiger partial charge in [-0.15, -0.1) is 0 Å². The summed E-state index contributed by atoms with van der Waals surface area (Å²) in [6.45, 7) is 1.32. The van der Waals surface area contributed by atoms with Gasteiger partial charge in [0.05, 0.1) is 0 Å². The summed E-state index contributed by atoms with van der Waals surface area (Å²) in [7, 11) is 0. The minimum atomic E-state index is -1.59. The van der Waals surface area contributed by atoms with E-state index in [2.05, 4.69) is 0 Å². The van der Waals surface area contributed by atoms with E-state index in [1.165, 1.54) is 19.1 Å². The van der Waals surface area contributed by atoms with Crippen LogP contribution < -0.4 is 0 Å². The first-order valence-electron chi connectivity index (χ1n) is 7.85. The summed E-state index contributed by atoms with van der Waals surface area (Å²) in [5.41, 5.74) is 1.17. The fraction of sp³-hybridized carbons (Fsp3) is 0.150. The molecule has 0 amide bonds. The van der Waals surface area contributed by atoms with E-state index in [0.29, 0.717) is 12.0 Å². The highest BCUT2D eigenvalue weighted by Crippen LogP contribution is 2.30. The zero-order valence-electron chi connectivity index (χ0n) is 13.7. The Hall–Kier alpha value is -2.89. The normalized spacial score (nSPS) is 16.3. The number of rotatable bonds is 3. The minimum absolute atomic E-state index is 0.0373. The topological polar surface area (TPSA) is 26.3 Å². The van der Waals surface area contributed by atoms with Crippen LogP contribution in [-0.2, 0) is 9.53 Å². The summed E-state index contributed by atoms with van der Waals surface area (Å²) in [4.78, 5) is 10.9. The second-order valence-corrected chi connectivity index (χ2v) is 5.85. The lowest BCUT2D eigenvalue weighted by molar-refractivity contribution is -0.144. The summed E-state index contributed by atoms with van der Waals surface area (Å²) in [5, 5.41) is 0. The molecule has 2 aromatic carbocycles. The van der Waals surface area contributed by atoms with E-state index in [9.17, 15) is 22.4 Å². The molecule has 1 unspecified atom stereocenters. The van der Waals surface area contributed by atoms with Crippen LogP contribution >= 0.6 is 0 Å². The predicted octanol–water partition coefficient (Wildman–Crippen LogP) is 5.19. The summed E-state index contributed by atoms with van der Waals surface area (Å²) in [6, 6.07) is 5.71. The van der Waals surface area contributed by atoms with Crippen LogP contribution in [0.2, 0.25) is 0 Å². The molecule has 0 heterocycles. The van der Waals surface area contributed by atoms with Crippen molar-refractivity contribution in [3.63, 3.8) is 0 Å². The van der Waals surface area contributed by atoms with Crippen LogP contribution in [0, 0.1) is 23.3 Å². The highest BCUT2D eigenvalue weighted by atomic mass is 19.2. The van der Waals surface area contributed by atoms with E-state index < -0.39 is 23.3 Å². The van der Waals surface area contributed by atoms with Crippen LogP contribution in [0.4, 0.5) is 17.6 Å². The molecule has 0 fully saturated rings. The van der Waals surface area contributed by atoms with Gasteiger partial charge in [-0.25, -0.2) is 17.6 Å². The highest BCUT2D eigenvalue weighted by molar-refractivity contribution is 5.77. The molecule has 0 aliphatic heterocycles. The van der Waals surface area contributed by atoms with E-state index in [-0.39, 0.29) is 23.2 Å². The molecule has 0 saturated heterocycles. The highest BCUT2D eigenvalue weighted by Gasteiger charge is 2.16. The van der Waals surface area contributed by atoms with Crippen molar-refractivity contribution in [1.82, 2.24) is 0 Å². The molecule has 134 valence electrons. The average Bonchev–Trinajstić information content (AvgIpc) is 2.59. The van der Waals surface area contributed by atoms with Gasteiger partial charge in [-0.2, -0.15) is 0 Å². The molecule has 0 spiro atoms. The molecule has 3 rings (SSSR count). The molecule has 1 aliphatic carbocycles. The number of carbonyl (C=O) groups is 1. The Balaban J connectivity index is 1.86. The molecule has 6 heteroatoms. The van der Waals surface area contributed by atoms with Crippen molar-refractivity contribution < 1.29 is 27.1 Å². The summed E-state index contributed by atoms with van der Waals surface area (Å²) >= 11 is 0. The quantitative estimate of drug-likeness (QED) is 0.427. The molecule has 2 nitrogen and oxygen atoms in total. The van der Waals surface area contributed by atoms with E-state index in [0.717, 1.165) is 17.7 Å². The van der Waals surface area contributed by atoms with Crippen molar-refractivity contribution >= 4 is 11.5 Å². The third-order valence-electron chi connectivity index (χ3n) is 3.98. The number of hydrogen-bond donors (Lipinski definition) is 0. The molecule has 0 saturated carbocycles. The smallest absolute Gasteiger partial charge is 0.303 e. The molecule has 26 heavy (non-hydrogen) atoms. The van der Waals surface area contributed by atoms with Crippen molar-refractivity contribution in [3.8, 4) is 11.1 Å². The Bertz CT molecular complexity index is 908. The number of halogens is 4. The summed E-state index contributed by atoms with van der Waals surface area (Å²) in [6.07, 6.45) is 5.32. The van der Waals surface area contributed by atoms with Crippen LogP contribution in [0.5, 0.6) is 0 Å². The van der Waals surface area contributed by atoms with Crippen molar-refractivity contribution in [2.75, 3.05) is 0 Å². The molecule has 1 aliphatic rings. The van der Waals surface area contributed by atoms with E-state index in [4.69, 9.17) is 4.74 Å². The summed E-state index contributed by atoms with van der Waals surface area (Å²) < 4.78 is 59.3. The van der Waals surface area contributed by atoms with Gasteiger partial charge in [0.2, 0.25) is 0 Å². The average molecular weight is 362 g/mol. The second-order valence-electron chi connectivity index (χ2n) is 5.85. The number of ether oxygens (including phenoxy) is 1. The van der Waals surface area contributed by atoms with Gasteiger partial charge in [-0.1, -0.05) is 24.3 Å². The third kappa shape index (κ3) is 3.69. The lowest BCUT2D eigenvalue weighted by atomic mass is 9.95. The Morgan fingerprint density at radius 3 is 2.19 bits per heavy atom. The third-order valence-corrected chi connectivity index (χ3v) is 3.98. The first-order chi connectivity index (χ1) is 12.3. The Morgan fingerprint density at radius 2 is 1.65 bits per heavy atom. The van der Waals surface area contributed by atoms with Crippen LogP contribution in [-0.4, -0.2) is 12.1 Å². The van der Waals surface area contributed by atoms with Crippen molar-refractivity contribution in [2.45, 2.75) is 19.4 Å². The second kappa shape index (κ2) is 7.15. The van der Waals surface area contributed by atoms with Crippen molar-refractivity contribution in [1.29, 1.82) is 0 Å². The molecule has 2 aromatic rings. The Labute approximate surface area is 147 Å². The van der Waals surface area contributed by atoms with Gasteiger partial charge < -0.3 is 4.74 Å². The minimum Gasteiger partial charge on any atom is -0.458 e. The molecule has 0 N–H and O–H groups in total. The number of benzene rings is 2. The zero-order chi connectivity index (χ0) is 18.8. The molecular weight excluding hydrogens is 348 g/mol. The molecule has 0 radical (unpaired) electrons. The predicted molar refractivity (Wildman–Crippen MR) is 89.0 cm³/mol. The standard InChI is InChI=1S/C20H14F4O2/c1-11(25)26-15-5-2-12(3-6-15)13-4-7-16(17(21)8-13)14-9-18(22)20(24)19(23)10-14/h2-5,7-10,15H,6H2,1H3. The van der Waals surface area contributed by atoms with Gasteiger partial charge >= 0.3 is 5.97 Å². The maximum Gasteiger partial charge on any atom is 0.303 e. The molecule has 0 bridgehead atoms. The Morgan fingerprint density at radius 1 is 1.00 bits per heavy atom. The SMILES string of the molecule is CC(=O)OC1C=CC(c2ccc(-c3cc(F)c(F)c(F)c3)c(F)c2)=CC1. The Kier molecular flexibility index (Phi) is 4.93. The number of esters is 1. The fourth-order valence-electron chi connectivity index (χ4n) is 2.76. The van der Waals surface area contributed by atoms with Gasteiger partial charge in [0, 0.05) is 18.9 Å². The van der Waals surface area contributed by atoms with E-state index >= 15 is 0 Å². The molecule has 1 atom stereocenters. The van der Waals surface area contributed by atoms with Crippen molar-refractivity contribution in [2.24, 2.45) is 0 Å². The molecule has 0 aromatic heterocycles. The monoisotopic (exact) mass is 362 g/mol. The van der Waals surface area contributed by atoms with Gasteiger partial charge in [0.1, 0.15) is 11.9 Å². The van der Waals surface area contributed by atoms with Crippen molar-refractivity contribution in [3.05, 3.63) is 77.4 Å². The largest absolute Gasteiger partial charge is 0.458 e. The van der Waals surface area contributed by atoms with Crippen LogP contribution in [0.25, 0.3) is 16.7 Å². The maximum absolute atomic E-state index is 14.4. The van der Waals surface area contributed by atoms with Gasteiger partial charge in [0.25, 0.3) is 0 Å². The van der Waals surface area contributed by atoms with Gasteiger partial charge in [0.15, 0.2) is 17.5 Å². The lowest BCUT2D eigenvalue weighted by Gasteiger charge is -2.16. The first kappa shape index (κ1) is 17.9.